The van der Waals surface area contributed by atoms with E-state index in [9.17, 15) is 13.6 Å². The molecular weight excluding hydrogens is 372 g/mol. The molecule has 2 aliphatic heterocycles. The van der Waals surface area contributed by atoms with Crippen molar-refractivity contribution >= 4 is 6.41 Å². The van der Waals surface area contributed by atoms with Gasteiger partial charge in [-0.1, -0.05) is 50.2 Å². The first-order valence-corrected chi connectivity index (χ1v) is 10.4. The van der Waals surface area contributed by atoms with Gasteiger partial charge in [0, 0.05) is 6.54 Å². The molecule has 2 aliphatic rings. The lowest BCUT2D eigenvalue weighted by molar-refractivity contribution is -0.119. The molecule has 0 radical (unpaired) electrons. The second kappa shape index (κ2) is 11.7. The Labute approximate surface area is 172 Å². The number of halogens is 2. The summed E-state index contributed by atoms with van der Waals surface area (Å²) in [6.45, 7) is 6.98. The zero-order chi connectivity index (χ0) is 21.2. The Balaban J connectivity index is 0.000000252. The number of carbonyl (C=O) groups excluding carboxylic acids is 1. The summed E-state index contributed by atoms with van der Waals surface area (Å²) in [6, 6.07) is 14.4. The van der Waals surface area contributed by atoms with Gasteiger partial charge in [-0.3, -0.25) is 4.79 Å². The van der Waals surface area contributed by atoms with Crippen molar-refractivity contribution in [2.24, 2.45) is 0 Å². The van der Waals surface area contributed by atoms with Crippen molar-refractivity contribution in [1.82, 2.24) is 4.90 Å². The number of benzene rings is 2. The van der Waals surface area contributed by atoms with Gasteiger partial charge < -0.3 is 9.64 Å². The van der Waals surface area contributed by atoms with Crippen LogP contribution in [0.3, 0.4) is 0 Å². The summed E-state index contributed by atoms with van der Waals surface area (Å²) < 4.78 is 30.3. The molecule has 1 saturated heterocycles. The quantitative estimate of drug-likeness (QED) is 0.622. The lowest BCUT2D eigenvalue weighted by Gasteiger charge is -2.35. The summed E-state index contributed by atoms with van der Waals surface area (Å²) in [7, 11) is 0. The number of hydrogen-bond acceptors (Lipinski definition) is 2. The average Bonchev–Trinajstić information content (AvgIpc) is 2.77. The van der Waals surface area contributed by atoms with Gasteiger partial charge in [0.2, 0.25) is 6.41 Å². The summed E-state index contributed by atoms with van der Waals surface area (Å²) in [4.78, 5) is 13.0. The van der Waals surface area contributed by atoms with Gasteiger partial charge in [-0.15, -0.1) is 0 Å². The van der Waals surface area contributed by atoms with Crippen molar-refractivity contribution in [3.63, 3.8) is 0 Å². The Hall–Kier alpha value is -2.27. The lowest BCUT2D eigenvalue weighted by Crippen LogP contribution is -2.34. The van der Waals surface area contributed by atoms with E-state index in [1.807, 2.05) is 39.0 Å². The molecule has 2 aromatic carbocycles. The van der Waals surface area contributed by atoms with E-state index >= 15 is 0 Å². The first-order valence-electron chi connectivity index (χ1n) is 10.4. The molecule has 0 aliphatic carbocycles. The number of nitrogens with zero attached hydrogens (tertiary/aromatic N) is 1. The Morgan fingerprint density at radius 2 is 1.76 bits per heavy atom. The molecule has 5 heteroatoms. The smallest absolute Gasteiger partial charge is 0.210 e. The highest BCUT2D eigenvalue weighted by Gasteiger charge is 2.27. The van der Waals surface area contributed by atoms with Crippen LogP contribution in [-0.4, -0.2) is 36.7 Å². The lowest BCUT2D eigenvalue weighted by atomic mass is 9.88. The maximum absolute atomic E-state index is 13.0. The van der Waals surface area contributed by atoms with Gasteiger partial charge in [0.25, 0.3) is 0 Å². The number of carbonyl (C=O) groups is 1. The van der Waals surface area contributed by atoms with Gasteiger partial charge in [0.15, 0.2) is 0 Å². The monoisotopic (exact) mass is 403 g/mol. The highest BCUT2D eigenvalue weighted by atomic mass is 19.1. The molecule has 0 N–H and O–H groups in total. The zero-order valence-electron chi connectivity index (χ0n) is 17.5. The Bertz CT molecular complexity index is 733. The fraction of sp³-hybridized carbons (Fsp3) is 0.458. The van der Waals surface area contributed by atoms with Crippen molar-refractivity contribution < 1.29 is 18.3 Å². The van der Waals surface area contributed by atoms with Gasteiger partial charge in [0.1, 0.15) is 12.0 Å². The Morgan fingerprint density at radius 1 is 1.07 bits per heavy atom. The molecule has 2 heterocycles. The number of hydrogen-bond donors (Lipinski definition) is 0. The highest BCUT2D eigenvalue weighted by molar-refractivity contribution is 5.54. The van der Waals surface area contributed by atoms with Gasteiger partial charge in [-0.25, -0.2) is 8.78 Å². The number of alkyl halides is 1. The third-order valence-corrected chi connectivity index (χ3v) is 5.09. The molecule has 1 fully saturated rings. The predicted octanol–water partition coefficient (Wildman–Crippen LogP) is 5.48. The fourth-order valence-electron chi connectivity index (χ4n) is 3.57. The van der Waals surface area contributed by atoms with Gasteiger partial charge in [-0.2, -0.15) is 0 Å². The van der Waals surface area contributed by atoms with Crippen molar-refractivity contribution in [3.05, 3.63) is 71.0 Å². The van der Waals surface area contributed by atoms with Crippen LogP contribution in [0.4, 0.5) is 8.78 Å². The van der Waals surface area contributed by atoms with E-state index in [-0.39, 0.29) is 18.0 Å². The summed E-state index contributed by atoms with van der Waals surface area (Å²) in [6.07, 6.45) is 2.88. The summed E-state index contributed by atoms with van der Waals surface area (Å²) >= 11 is 0. The maximum Gasteiger partial charge on any atom is 0.210 e. The van der Waals surface area contributed by atoms with E-state index in [2.05, 4.69) is 6.07 Å². The van der Waals surface area contributed by atoms with Crippen LogP contribution in [0.15, 0.2) is 48.5 Å². The van der Waals surface area contributed by atoms with Crippen LogP contribution in [0.25, 0.3) is 0 Å². The predicted molar refractivity (Wildman–Crippen MR) is 112 cm³/mol. The van der Waals surface area contributed by atoms with Crippen LogP contribution in [0.5, 0.6) is 0 Å². The molecule has 1 unspecified atom stereocenters. The van der Waals surface area contributed by atoms with Crippen LogP contribution in [0, 0.1) is 5.82 Å². The van der Waals surface area contributed by atoms with E-state index in [0.29, 0.717) is 19.6 Å². The normalized spacial score (nSPS) is 22.9. The van der Waals surface area contributed by atoms with E-state index in [1.165, 1.54) is 17.7 Å². The minimum absolute atomic E-state index is 0.108. The number of fused-ring (bicyclic) bond motifs is 1. The second-order valence-corrected chi connectivity index (χ2v) is 7.06. The standard InChI is InChI=1S/C16H14FNO.C6H11FO.C2H6/c17-14-7-5-13(6-8-14)16-15-4-2-1-3-12(15)9-10-18(16)11-19;1-5-2-3-6(7)4-8-5;1-2/h1-8,11,16H,9-10H2;5-6H,2-4H2,1H3;1-2H3/t16-;5-,6?;/m00./s1. The number of ether oxygens (including phenoxy) is 1. The van der Waals surface area contributed by atoms with Gasteiger partial charge in [0.05, 0.1) is 18.8 Å². The third-order valence-electron chi connectivity index (χ3n) is 5.09. The molecule has 0 aromatic heterocycles. The fourth-order valence-corrected chi connectivity index (χ4v) is 3.57. The van der Waals surface area contributed by atoms with Crippen molar-refractivity contribution in [3.8, 4) is 0 Å². The number of rotatable bonds is 2. The van der Waals surface area contributed by atoms with E-state index in [4.69, 9.17) is 4.74 Å². The zero-order valence-corrected chi connectivity index (χ0v) is 17.5. The molecule has 3 nitrogen and oxygen atoms in total. The van der Waals surface area contributed by atoms with Gasteiger partial charge >= 0.3 is 0 Å². The molecular formula is C24H31F2NO2. The SMILES string of the molecule is CC.C[C@H]1CCC(F)CO1.O=CN1CCc2ccccc2[C@@H]1c1ccc(F)cc1. The highest BCUT2D eigenvalue weighted by Crippen LogP contribution is 2.34. The third kappa shape index (κ3) is 6.36. The second-order valence-electron chi connectivity index (χ2n) is 7.06. The summed E-state index contributed by atoms with van der Waals surface area (Å²) in [5.74, 6) is -0.259. The average molecular weight is 404 g/mol. The van der Waals surface area contributed by atoms with Crippen LogP contribution >= 0.6 is 0 Å². The Morgan fingerprint density at radius 3 is 2.34 bits per heavy atom. The molecule has 3 atom stereocenters. The minimum Gasteiger partial charge on any atom is -0.375 e. The molecule has 0 bridgehead atoms. The van der Waals surface area contributed by atoms with Crippen LogP contribution in [0.1, 0.15) is 56.3 Å². The first-order chi connectivity index (χ1) is 14.1. The van der Waals surface area contributed by atoms with Crippen LogP contribution in [0.2, 0.25) is 0 Å². The van der Waals surface area contributed by atoms with E-state index < -0.39 is 6.17 Å². The van der Waals surface area contributed by atoms with Crippen molar-refractivity contribution in [1.29, 1.82) is 0 Å². The minimum atomic E-state index is -0.703. The van der Waals surface area contributed by atoms with Crippen LogP contribution < -0.4 is 0 Å². The molecule has 1 amide bonds. The Kier molecular flexibility index (Phi) is 9.26. The summed E-state index contributed by atoms with van der Waals surface area (Å²) in [5.41, 5.74) is 3.34. The molecule has 4 rings (SSSR count). The summed E-state index contributed by atoms with van der Waals surface area (Å²) in [5, 5.41) is 0. The molecule has 0 saturated carbocycles. The first kappa shape index (κ1) is 23.0. The van der Waals surface area contributed by atoms with E-state index in [0.717, 1.165) is 30.4 Å². The molecule has 29 heavy (non-hydrogen) atoms. The number of amides is 1. The largest absolute Gasteiger partial charge is 0.375 e. The van der Waals surface area contributed by atoms with Crippen molar-refractivity contribution in [2.45, 2.75) is 58.4 Å². The van der Waals surface area contributed by atoms with Gasteiger partial charge in [-0.05, 0) is 55.0 Å². The topological polar surface area (TPSA) is 29.5 Å². The van der Waals surface area contributed by atoms with E-state index in [1.54, 1.807) is 17.0 Å². The maximum atomic E-state index is 13.0. The molecule has 0 spiro atoms. The molecule has 158 valence electrons. The van der Waals surface area contributed by atoms with Crippen LogP contribution in [-0.2, 0) is 16.0 Å². The van der Waals surface area contributed by atoms with Crippen molar-refractivity contribution in [2.75, 3.05) is 13.2 Å². The molecule has 2 aromatic rings.